The fraction of sp³-hybridized carbons (Fsp3) is 0.533. The lowest BCUT2D eigenvalue weighted by molar-refractivity contribution is -0.907. The molecule has 1 aromatic rings. The van der Waals surface area contributed by atoms with E-state index in [0.29, 0.717) is 5.56 Å². The summed E-state index contributed by atoms with van der Waals surface area (Å²) >= 11 is 2.17. The van der Waals surface area contributed by atoms with E-state index >= 15 is 0 Å². The minimum absolute atomic E-state index is 0.0170. The molecule has 0 saturated carbocycles. The van der Waals surface area contributed by atoms with Crippen LogP contribution in [0.3, 0.4) is 0 Å². The third kappa shape index (κ3) is 4.45. The Balaban J connectivity index is 1.86. The molecule has 0 spiro atoms. The standard InChI is InChI=1S/C15H20INO2/c1-12(11-17-9-5-2-6-10-17)19-15(18)13-7-3-4-8-14(13)16/h3-4,7-8,12H,2,5-6,9-11H2,1H3/p+1/t12-/m1/s1. The number of esters is 1. The van der Waals surface area contributed by atoms with Crippen molar-refractivity contribution in [2.75, 3.05) is 19.6 Å². The van der Waals surface area contributed by atoms with Crippen molar-refractivity contribution in [3.05, 3.63) is 33.4 Å². The second-order valence-electron chi connectivity index (χ2n) is 5.21. The summed E-state index contributed by atoms with van der Waals surface area (Å²) in [7, 11) is 0. The number of quaternary nitrogens is 1. The molecule has 1 aliphatic heterocycles. The number of halogens is 1. The van der Waals surface area contributed by atoms with Gasteiger partial charge >= 0.3 is 5.97 Å². The van der Waals surface area contributed by atoms with E-state index in [4.69, 9.17) is 4.74 Å². The fourth-order valence-electron chi connectivity index (χ4n) is 2.58. The van der Waals surface area contributed by atoms with Crippen LogP contribution >= 0.6 is 22.6 Å². The number of benzene rings is 1. The van der Waals surface area contributed by atoms with Gasteiger partial charge in [-0.05, 0) is 60.9 Å². The van der Waals surface area contributed by atoms with Crippen LogP contribution in [0.4, 0.5) is 0 Å². The van der Waals surface area contributed by atoms with Gasteiger partial charge in [0, 0.05) is 3.57 Å². The Bertz CT molecular complexity index is 430. The molecule has 19 heavy (non-hydrogen) atoms. The molecule has 1 atom stereocenters. The highest BCUT2D eigenvalue weighted by Crippen LogP contribution is 2.13. The van der Waals surface area contributed by atoms with E-state index in [1.807, 2.05) is 31.2 Å². The predicted molar refractivity (Wildman–Crippen MR) is 83.5 cm³/mol. The summed E-state index contributed by atoms with van der Waals surface area (Å²) in [6, 6.07) is 7.56. The maximum atomic E-state index is 12.1. The van der Waals surface area contributed by atoms with E-state index in [2.05, 4.69) is 22.6 Å². The van der Waals surface area contributed by atoms with E-state index in [-0.39, 0.29) is 12.1 Å². The first kappa shape index (κ1) is 14.8. The Kier molecular flexibility index (Phi) is 5.63. The van der Waals surface area contributed by atoms with Crippen molar-refractivity contribution < 1.29 is 14.4 Å². The molecule has 3 nitrogen and oxygen atoms in total. The second-order valence-corrected chi connectivity index (χ2v) is 6.37. The quantitative estimate of drug-likeness (QED) is 0.645. The topological polar surface area (TPSA) is 30.7 Å². The first-order valence-corrected chi connectivity index (χ1v) is 8.04. The van der Waals surface area contributed by atoms with Crippen molar-refractivity contribution in [2.45, 2.75) is 32.3 Å². The lowest BCUT2D eigenvalue weighted by Gasteiger charge is -2.26. The number of carbonyl (C=O) groups excluding carboxylic acids is 1. The van der Waals surface area contributed by atoms with Gasteiger partial charge in [0.25, 0.3) is 0 Å². The van der Waals surface area contributed by atoms with E-state index in [1.165, 1.54) is 32.4 Å². The summed E-state index contributed by atoms with van der Waals surface area (Å²) in [6.45, 7) is 5.35. The van der Waals surface area contributed by atoms with Crippen molar-refractivity contribution >= 4 is 28.6 Å². The van der Waals surface area contributed by atoms with Gasteiger partial charge < -0.3 is 9.64 Å². The Morgan fingerprint density at radius 1 is 1.32 bits per heavy atom. The van der Waals surface area contributed by atoms with Crippen molar-refractivity contribution in [3.63, 3.8) is 0 Å². The lowest BCUT2D eigenvalue weighted by Crippen LogP contribution is -3.13. The molecule has 0 radical (unpaired) electrons. The smallest absolute Gasteiger partial charge is 0.339 e. The summed E-state index contributed by atoms with van der Waals surface area (Å²) in [6.07, 6.45) is 3.93. The molecule has 1 N–H and O–H groups in total. The Hall–Kier alpha value is -0.620. The normalized spacial score (nSPS) is 18.0. The average Bonchev–Trinajstić information content (AvgIpc) is 2.40. The summed E-state index contributed by atoms with van der Waals surface area (Å²) in [5, 5.41) is 0. The highest BCUT2D eigenvalue weighted by Gasteiger charge is 2.20. The molecular formula is C15H21INO2+. The molecule has 1 aliphatic rings. The van der Waals surface area contributed by atoms with Gasteiger partial charge in [-0.3, -0.25) is 0 Å². The molecule has 0 aliphatic carbocycles. The van der Waals surface area contributed by atoms with Gasteiger partial charge in [-0.25, -0.2) is 4.79 Å². The molecule has 1 saturated heterocycles. The summed E-state index contributed by atoms with van der Waals surface area (Å²) in [5.41, 5.74) is 0.670. The Morgan fingerprint density at radius 2 is 2.00 bits per heavy atom. The summed E-state index contributed by atoms with van der Waals surface area (Å²) < 4.78 is 6.50. The molecule has 2 rings (SSSR count). The van der Waals surface area contributed by atoms with Crippen LogP contribution in [0, 0.1) is 3.57 Å². The fourth-order valence-corrected chi connectivity index (χ4v) is 3.18. The largest absolute Gasteiger partial charge is 0.453 e. The van der Waals surface area contributed by atoms with E-state index in [1.54, 1.807) is 4.90 Å². The number of rotatable bonds is 4. The number of hydrogen-bond donors (Lipinski definition) is 1. The Morgan fingerprint density at radius 3 is 2.68 bits per heavy atom. The number of piperidine rings is 1. The van der Waals surface area contributed by atoms with Crippen LogP contribution in [0.15, 0.2) is 24.3 Å². The summed E-state index contributed by atoms with van der Waals surface area (Å²) in [5.74, 6) is -0.200. The van der Waals surface area contributed by atoms with Crippen molar-refractivity contribution in [1.29, 1.82) is 0 Å². The SMILES string of the molecule is C[C@H](C[NH+]1CCCCC1)OC(=O)c1ccccc1I. The van der Waals surface area contributed by atoms with Crippen LogP contribution in [0.2, 0.25) is 0 Å². The molecule has 0 amide bonds. The average molecular weight is 374 g/mol. The minimum Gasteiger partial charge on any atom is -0.453 e. The predicted octanol–water partition coefficient (Wildman–Crippen LogP) is 1.91. The molecule has 1 fully saturated rings. The zero-order valence-electron chi connectivity index (χ0n) is 11.3. The van der Waals surface area contributed by atoms with Crippen molar-refractivity contribution in [1.82, 2.24) is 0 Å². The number of ether oxygens (including phenoxy) is 1. The number of nitrogens with one attached hydrogen (secondary N) is 1. The van der Waals surface area contributed by atoms with Crippen molar-refractivity contribution in [3.8, 4) is 0 Å². The van der Waals surface area contributed by atoms with Crippen LogP contribution in [0.1, 0.15) is 36.5 Å². The third-order valence-corrected chi connectivity index (χ3v) is 4.48. The van der Waals surface area contributed by atoms with Gasteiger partial charge in [-0.15, -0.1) is 0 Å². The number of carbonyl (C=O) groups is 1. The van der Waals surface area contributed by atoms with Crippen LogP contribution in [-0.4, -0.2) is 31.7 Å². The number of likely N-dealkylation sites (tertiary alicyclic amines) is 1. The first-order chi connectivity index (χ1) is 9.16. The molecule has 0 bridgehead atoms. The summed E-state index contributed by atoms with van der Waals surface area (Å²) in [4.78, 5) is 13.6. The molecule has 104 valence electrons. The lowest BCUT2D eigenvalue weighted by atomic mass is 10.1. The molecule has 0 aromatic heterocycles. The van der Waals surface area contributed by atoms with Gasteiger partial charge in [-0.1, -0.05) is 12.1 Å². The van der Waals surface area contributed by atoms with Crippen LogP contribution < -0.4 is 4.90 Å². The van der Waals surface area contributed by atoms with E-state index in [0.717, 1.165) is 10.1 Å². The molecule has 4 heteroatoms. The van der Waals surface area contributed by atoms with Crippen molar-refractivity contribution in [2.24, 2.45) is 0 Å². The van der Waals surface area contributed by atoms with E-state index in [9.17, 15) is 4.79 Å². The maximum Gasteiger partial charge on any atom is 0.339 e. The second kappa shape index (κ2) is 7.24. The minimum atomic E-state index is -0.200. The third-order valence-electron chi connectivity index (χ3n) is 3.54. The van der Waals surface area contributed by atoms with Gasteiger partial charge in [0.2, 0.25) is 0 Å². The maximum absolute atomic E-state index is 12.1. The van der Waals surface area contributed by atoms with Crippen LogP contribution in [0.25, 0.3) is 0 Å². The monoisotopic (exact) mass is 374 g/mol. The molecule has 1 heterocycles. The van der Waals surface area contributed by atoms with Gasteiger partial charge in [0.1, 0.15) is 12.6 Å². The van der Waals surface area contributed by atoms with Gasteiger partial charge in [-0.2, -0.15) is 0 Å². The zero-order valence-corrected chi connectivity index (χ0v) is 13.5. The number of hydrogen-bond acceptors (Lipinski definition) is 2. The first-order valence-electron chi connectivity index (χ1n) is 6.96. The van der Waals surface area contributed by atoms with Crippen LogP contribution in [0.5, 0.6) is 0 Å². The van der Waals surface area contributed by atoms with E-state index < -0.39 is 0 Å². The molecular weight excluding hydrogens is 353 g/mol. The van der Waals surface area contributed by atoms with Gasteiger partial charge in [0.05, 0.1) is 18.7 Å². The highest BCUT2D eigenvalue weighted by molar-refractivity contribution is 14.1. The van der Waals surface area contributed by atoms with Gasteiger partial charge in [0.15, 0.2) is 0 Å². The molecule has 0 unspecified atom stereocenters. The highest BCUT2D eigenvalue weighted by atomic mass is 127. The molecule has 1 aromatic carbocycles. The zero-order chi connectivity index (χ0) is 13.7. The Labute approximate surface area is 128 Å². The van der Waals surface area contributed by atoms with Crippen LogP contribution in [-0.2, 0) is 4.74 Å².